The first-order valence-electron chi connectivity index (χ1n) is 6.11. The third-order valence-corrected chi connectivity index (χ3v) is 2.01. The molecule has 1 N–H and O–H groups in total. The molecule has 1 aromatic rings. The Morgan fingerprint density at radius 2 is 1.56 bits per heavy atom. The highest BCUT2D eigenvalue weighted by atomic mass is 16.5. The van der Waals surface area contributed by atoms with Gasteiger partial charge in [-0.05, 0) is 39.8 Å². The molecule has 98 valence electrons. The lowest BCUT2D eigenvalue weighted by molar-refractivity contribution is 0.143. The molecule has 0 aliphatic rings. The molecule has 0 saturated carbocycles. The molecule has 3 heteroatoms. The van der Waals surface area contributed by atoms with Gasteiger partial charge in [0.05, 0.1) is 13.2 Å². The minimum Gasteiger partial charge on any atom is -0.494 e. The zero-order chi connectivity index (χ0) is 13.6. The number of ether oxygens (including phenoxy) is 2. The van der Waals surface area contributed by atoms with Gasteiger partial charge in [-0.3, -0.25) is 0 Å². The average molecular weight is 248 g/mol. The molecule has 0 fully saturated rings. The molecule has 0 aromatic heterocycles. The zero-order valence-corrected chi connectivity index (χ0v) is 11.4. The van der Waals surface area contributed by atoms with Crippen molar-refractivity contribution in [2.75, 3.05) is 13.2 Å². The highest BCUT2D eigenvalue weighted by Gasteiger charge is 2.06. The topological polar surface area (TPSA) is 38.7 Å². The molecular formula is C15H20O3. The Labute approximate surface area is 109 Å². The van der Waals surface area contributed by atoms with Crippen LogP contribution in [0.5, 0.6) is 11.5 Å². The van der Waals surface area contributed by atoms with Gasteiger partial charge in [-0.1, -0.05) is 11.8 Å². The van der Waals surface area contributed by atoms with E-state index in [0.29, 0.717) is 13.2 Å². The molecule has 0 unspecified atom stereocenters. The van der Waals surface area contributed by atoms with Crippen LogP contribution in [-0.2, 0) is 0 Å². The normalized spacial score (nSPS) is 10.5. The lowest BCUT2D eigenvalue weighted by Crippen LogP contribution is -2.14. The summed E-state index contributed by atoms with van der Waals surface area (Å²) in [6.45, 7) is 8.33. The Kier molecular flexibility index (Phi) is 5.06. The predicted molar refractivity (Wildman–Crippen MR) is 72.0 cm³/mol. The van der Waals surface area contributed by atoms with Gasteiger partial charge in [-0.15, -0.1) is 0 Å². The van der Waals surface area contributed by atoms with E-state index in [0.717, 1.165) is 17.1 Å². The molecule has 0 saturated heterocycles. The van der Waals surface area contributed by atoms with Crippen molar-refractivity contribution in [3.63, 3.8) is 0 Å². The summed E-state index contributed by atoms with van der Waals surface area (Å²) >= 11 is 0. The van der Waals surface area contributed by atoms with E-state index in [4.69, 9.17) is 9.47 Å². The van der Waals surface area contributed by atoms with Crippen molar-refractivity contribution in [3.8, 4) is 23.3 Å². The second kappa shape index (κ2) is 6.32. The van der Waals surface area contributed by atoms with Crippen molar-refractivity contribution < 1.29 is 14.6 Å². The van der Waals surface area contributed by atoms with Gasteiger partial charge in [0.25, 0.3) is 0 Å². The number of hydrogen-bond donors (Lipinski definition) is 1. The average Bonchev–Trinajstić information content (AvgIpc) is 2.26. The first kappa shape index (κ1) is 14.4. The van der Waals surface area contributed by atoms with E-state index in [1.54, 1.807) is 13.8 Å². The van der Waals surface area contributed by atoms with Gasteiger partial charge in [0.15, 0.2) is 0 Å². The Morgan fingerprint density at radius 3 is 1.94 bits per heavy atom. The smallest absolute Gasteiger partial charge is 0.124 e. The highest BCUT2D eigenvalue weighted by Crippen LogP contribution is 2.22. The fourth-order valence-corrected chi connectivity index (χ4v) is 1.37. The van der Waals surface area contributed by atoms with Gasteiger partial charge in [-0.2, -0.15) is 0 Å². The molecule has 0 spiro atoms. The van der Waals surface area contributed by atoms with Crippen molar-refractivity contribution in [2.45, 2.75) is 33.3 Å². The first-order chi connectivity index (χ1) is 8.44. The Bertz CT molecular complexity index is 423. The summed E-state index contributed by atoms with van der Waals surface area (Å²) < 4.78 is 10.9. The Hall–Kier alpha value is -1.66. The van der Waals surface area contributed by atoms with E-state index in [-0.39, 0.29) is 0 Å². The summed E-state index contributed by atoms with van der Waals surface area (Å²) in [6.07, 6.45) is 0. The van der Waals surface area contributed by atoms with Gasteiger partial charge in [0, 0.05) is 11.6 Å². The minimum absolute atomic E-state index is 0.591. The van der Waals surface area contributed by atoms with Gasteiger partial charge in [-0.25, -0.2) is 0 Å². The van der Waals surface area contributed by atoms with Crippen LogP contribution >= 0.6 is 0 Å². The third-order valence-electron chi connectivity index (χ3n) is 2.01. The van der Waals surface area contributed by atoms with Crippen molar-refractivity contribution in [3.05, 3.63) is 23.8 Å². The third kappa shape index (κ3) is 5.11. The molecule has 1 aromatic carbocycles. The molecule has 0 atom stereocenters. The summed E-state index contributed by atoms with van der Waals surface area (Å²) in [7, 11) is 0. The van der Waals surface area contributed by atoms with E-state index >= 15 is 0 Å². The van der Waals surface area contributed by atoms with Crippen LogP contribution in [0.25, 0.3) is 0 Å². The number of hydrogen-bond acceptors (Lipinski definition) is 3. The monoisotopic (exact) mass is 248 g/mol. The lowest BCUT2D eigenvalue weighted by atomic mass is 10.1. The largest absolute Gasteiger partial charge is 0.494 e. The van der Waals surface area contributed by atoms with Crippen molar-refractivity contribution in [2.24, 2.45) is 0 Å². The molecule has 0 amide bonds. The van der Waals surface area contributed by atoms with Gasteiger partial charge in [0.1, 0.15) is 17.1 Å². The number of benzene rings is 1. The standard InChI is InChI=1S/C15H20O3/c1-5-17-13-9-12(7-8-15(3,4)16)10-14(11-13)18-6-2/h9-11,16H,5-6H2,1-4H3. The fraction of sp³-hybridized carbons (Fsp3) is 0.467. The van der Waals surface area contributed by atoms with Crippen LogP contribution in [0.15, 0.2) is 18.2 Å². The molecule has 0 aliphatic heterocycles. The maximum Gasteiger partial charge on any atom is 0.124 e. The van der Waals surface area contributed by atoms with Crippen LogP contribution in [0.1, 0.15) is 33.3 Å². The van der Waals surface area contributed by atoms with Crippen molar-refractivity contribution >= 4 is 0 Å². The molecular weight excluding hydrogens is 228 g/mol. The van der Waals surface area contributed by atoms with Crippen LogP contribution in [0.2, 0.25) is 0 Å². The molecule has 0 heterocycles. The summed E-state index contributed by atoms with van der Waals surface area (Å²) in [5, 5.41) is 9.59. The van der Waals surface area contributed by atoms with Crippen LogP contribution in [0.4, 0.5) is 0 Å². The second-order valence-electron chi connectivity index (χ2n) is 4.37. The van der Waals surface area contributed by atoms with Crippen LogP contribution in [0, 0.1) is 11.8 Å². The van der Waals surface area contributed by atoms with Crippen LogP contribution < -0.4 is 9.47 Å². The maximum atomic E-state index is 9.59. The molecule has 0 aliphatic carbocycles. The van der Waals surface area contributed by atoms with Crippen LogP contribution in [0.3, 0.4) is 0 Å². The van der Waals surface area contributed by atoms with Gasteiger partial charge in [0.2, 0.25) is 0 Å². The van der Waals surface area contributed by atoms with Gasteiger partial charge < -0.3 is 14.6 Å². The lowest BCUT2D eigenvalue weighted by Gasteiger charge is -2.09. The van der Waals surface area contributed by atoms with E-state index in [9.17, 15) is 5.11 Å². The SMILES string of the molecule is CCOc1cc(C#CC(C)(C)O)cc(OCC)c1. The number of aliphatic hydroxyl groups is 1. The Morgan fingerprint density at radius 1 is 1.06 bits per heavy atom. The van der Waals surface area contributed by atoms with E-state index in [1.165, 1.54) is 0 Å². The van der Waals surface area contributed by atoms with Crippen molar-refractivity contribution in [1.29, 1.82) is 0 Å². The van der Waals surface area contributed by atoms with E-state index in [2.05, 4.69) is 11.8 Å². The van der Waals surface area contributed by atoms with E-state index in [1.807, 2.05) is 32.0 Å². The summed E-state index contributed by atoms with van der Waals surface area (Å²) in [5.41, 5.74) is -0.237. The molecule has 0 radical (unpaired) electrons. The number of rotatable bonds is 4. The first-order valence-corrected chi connectivity index (χ1v) is 6.11. The maximum absolute atomic E-state index is 9.59. The van der Waals surface area contributed by atoms with Crippen LogP contribution in [-0.4, -0.2) is 23.9 Å². The fourth-order valence-electron chi connectivity index (χ4n) is 1.37. The van der Waals surface area contributed by atoms with Crippen molar-refractivity contribution in [1.82, 2.24) is 0 Å². The molecule has 1 rings (SSSR count). The molecule has 3 nitrogen and oxygen atoms in total. The van der Waals surface area contributed by atoms with E-state index < -0.39 is 5.60 Å². The molecule has 0 bridgehead atoms. The quantitative estimate of drug-likeness (QED) is 0.832. The summed E-state index contributed by atoms with van der Waals surface area (Å²) in [5.74, 6) is 7.14. The van der Waals surface area contributed by atoms with Gasteiger partial charge >= 0.3 is 0 Å². The summed E-state index contributed by atoms with van der Waals surface area (Å²) in [6, 6.07) is 5.51. The Balaban J connectivity index is 3.05. The molecule has 18 heavy (non-hydrogen) atoms. The second-order valence-corrected chi connectivity index (χ2v) is 4.37. The summed E-state index contributed by atoms with van der Waals surface area (Å²) in [4.78, 5) is 0. The highest BCUT2D eigenvalue weighted by molar-refractivity contribution is 5.46. The zero-order valence-electron chi connectivity index (χ0n) is 11.4. The predicted octanol–water partition coefficient (Wildman–Crippen LogP) is 2.61. The minimum atomic E-state index is -1.01.